The lowest BCUT2D eigenvalue weighted by molar-refractivity contribution is -0.252. The van der Waals surface area contributed by atoms with E-state index in [4.69, 9.17) is 28.9 Å². The minimum absolute atomic E-state index is 0.129. The molecule has 90 valence electrons. The van der Waals surface area contributed by atoms with Crippen LogP contribution in [0.4, 0.5) is 23.2 Å². The molecule has 16 heavy (non-hydrogen) atoms. The molecule has 8 heteroatoms. The number of benzene rings is 1. The Hall–Kier alpha value is -0.880. The van der Waals surface area contributed by atoms with Crippen LogP contribution in [0, 0.1) is 0 Å². The molecule has 0 aliphatic carbocycles. The summed E-state index contributed by atoms with van der Waals surface area (Å²) in [5, 5.41) is -0.571. The Labute approximate surface area is 97.9 Å². The number of hydrogen-bond acceptors (Lipinski definition) is 2. The van der Waals surface area contributed by atoms with Gasteiger partial charge in [0.25, 0.3) is 0 Å². The third-order valence-electron chi connectivity index (χ3n) is 1.57. The molecule has 2 nitrogen and oxygen atoms in total. The van der Waals surface area contributed by atoms with E-state index in [0.29, 0.717) is 0 Å². The minimum Gasteiger partial charge on any atom is -0.424 e. The van der Waals surface area contributed by atoms with Crippen molar-refractivity contribution in [3.05, 3.63) is 22.2 Å². The largest absolute Gasteiger partial charge is 0.461 e. The van der Waals surface area contributed by atoms with Crippen molar-refractivity contribution in [3.63, 3.8) is 0 Å². The average molecular weight is 278 g/mol. The maximum atomic E-state index is 12.6. The Morgan fingerprint density at radius 2 is 1.81 bits per heavy atom. The van der Waals surface area contributed by atoms with Gasteiger partial charge in [-0.25, -0.2) is 0 Å². The molecule has 0 aliphatic heterocycles. The van der Waals surface area contributed by atoms with Crippen LogP contribution in [0.5, 0.6) is 5.75 Å². The van der Waals surface area contributed by atoms with Crippen LogP contribution in [0.1, 0.15) is 0 Å². The van der Waals surface area contributed by atoms with Crippen LogP contribution in [0.3, 0.4) is 0 Å². The number of ether oxygens (including phenoxy) is 1. The van der Waals surface area contributed by atoms with Gasteiger partial charge in [-0.1, -0.05) is 23.2 Å². The highest BCUT2D eigenvalue weighted by molar-refractivity contribution is 6.43. The molecule has 0 saturated heterocycles. The maximum Gasteiger partial charge on any atom is 0.461 e. The van der Waals surface area contributed by atoms with Crippen LogP contribution < -0.4 is 10.5 Å². The Morgan fingerprint density at radius 1 is 1.25 bits per heavy atom. The standard InChI is InChI=1S/C8H5Cl2F4NO/c9-3-1-2-4(15)6(5(3)10)16-8(13,14)7(11)12/h1-2,7H,15H2. The SMILES string of the molecule is Nc1ccc(Cl)c(Cl)c1OC(F)(F)C(F)F. The molecular weight excluding hydrogens is 273 g/mol. The first-order valence-electron chi connectivity index (χ1n) is 3.84. The van der Waals surface area contributed by atoms with E-state index in [1.165, 1.54) is 6.07 Å². The molecule has 1 rings (SSSR count). The van der Waals surface area contributed by atoms with Gasteiger partial charge in [-0.05, 0) is 12.1 Å². The zero-order valence-electron chi connectivity index (χ0n) is 7.49. The third-order valence-corrected chi connectivity index (χ3v) is 2.36. The zero-order chi connectivity index (χ0) is 12.5. The molecule has 0 fully saturated rings. The number of anilines is 1. The Kier molecular flexibility index (Phi) is 3.75. The number of nitrogens with two attached hydrogens (primary N) is 1. The predicted molar refractivity (Wildman–Crippen MR) is 52.5 cm³/mol. The number of rotatable bonds is 3. The van der Waals surface area contributed by atoms with E-state index in [9.17, 15) is 17.6 Å². The lowest BCUT2D eigenvalue weighted by atomic mass is 10.3. The highest BCUT2D eigenvalue weighted by atomic mass is 35.5. The molecule has 0 atom stereocenters. The second-order valence-corrected chi connectivity index (χ2v) is 3.53. The fraction of sp³-hybridized carbons (Fsp3) is 0.250. The summed E-state index contributed by atoms with van der Waals surface area (Å²) in [6.45, 7) is 0. The van der Waals surface area contributed by atoms with Crippen molar-refractivity contribution in [2.45, 2.75) is 12.5 Å². The molecule has 0 aliphatic rings. The molecule has 1 aromatic carbocycles. The maximum absolute atomic E-state index is 12.6. The van der Waals surface area contributed by atoms with Crippen molar-refractivity contribution in [3.8, 4) is 5.75 Å². The summed E-state index contributed by atoms with van der Waals surface area (Å²) in [5.41, 5.74) is 4.94. The summed E-state index contributed by atoms with van der Waals surface area (Å²) in [6, 6.07) is 2.34. The molecule has 0 unspecified atom stereocenters. The summed E-state index contributed by atoms with van der Waals surface area (Å²) >= 11 is 11.0. The first-order chi connectivity index (χ1) is 7.25. The van der Waals surface area contributed by atoms with Crippen molar-refractivity contribution >= 4 is 28.9 Å². The second-order valence-electron chi connectivity index (χ2n) is 2.74. The van der Waals surface area contributed by atoms with Gasteiger partial charge in [0, 0.05) is 0 Å². The highest BCUT2D eigenvalue weighted by Gasteiger charge is 2.44. The van der Waals surface area contributed by atoms with Crippen molar-refractivity contribution in [1.82, 2.24) is 0 Å². The van der Waals surface area contributed by atoms with Crippen LogP contribution in [0.25, 0.3) is 0 Å². The highest BCUT2D eigenvalue weighted by Crippen LogP contribution is 2.40. The van der Waals surface area contributed by atoms with Crippen LogP contribution in [0.2, 0.25) is 10.0 Å². The van der Waals surface area contributed by atoms with E-state index in [1.54, 1.807) is 0 Å². The summed E-state index contributed by atoms with van der Waals surface area (Å²) in [4.78, 5) is 0. The lowest BCUT2D eigenvalue weighted by Gasteiger charge is -2.19. The molecule has 0 bridgehead atoms. The molecule has 0 radical (unpaired) electrons. The lowest BCUT2D eigenvalue weighted by Crippen LogP contribution is -2.33. The fourth-order valence-corrected chi connectivity index (χ4v) is 1.19. The van der Waals surface area contributed by atoms with Gasteiger partial charge >= 0.3 is 12.5 Å². The van der Waals surface area contributed by atoms with Crippen molar-refractivity contribution in [2.24, 2.45) is 0 Å². The Bertz CT molecular complexity index is 400. The van der Waals surface area contributed by atoms with Crippen LogP contribution >= 0.6 is 23.2 Å². The third kappa shape index (κ3) is 2.62. The van der Waals surface area contributed by atoms with Gasteiger partial charge in [-0.3, -0.25) is 0 Å². The van der Waals surface area contributed by atoms with Gasteiger partial charge < -0.3 is 10.5 Å². The minimum atomic E-state index is -4.68. The van der Waals surface area contributed by atoms with Gasteiger partial charge in [-0.15, -0.1) is 0 Å². The molecule has 0 aromatic heterocycles. The van der Waals surface area contributed by atoms with E-state index in [0.717, 1.165) is 6.07 Å². The predicted octanol–water partition coefficient (Wildman–Crippen LogP) is 3.81. The fourth-order valence-electron chi connectivity index (χ4n) is 0.831. The van der Waals surface area contributed by atoms with Crippen LogP contribution in [-0.4, -0.2) is 12.5 Å². The summed E-state index contributed by atoms with van der Waals surface area (Å²) < 4.78 is 52.7. The van der Waals surface area contributed by atoms with Gasteiger partial charge in [0.15, 0.2) is 5.75 Å². The zero-order valence-corrected chi connectivity index (χ0v) is 9.00. The van der Waals surface area contributed by atoms with E-state index in [-0.39, 0.29) is 10.7 Å². The summed E-state index contributed by atoms with van der Waals surface area (Å²) in [7, 11) is 0. The van der Waals surface area contributed by atoms with E-state index in [1.807, 2.05) is 0 Å². The van der Waals surface area contributed by atoms with E-state index >= 15 is 0 Å². The van der Waals surface area contributed by atoms with Crippen molar-refractivity contribution in [2.75, 3.05) is 5.73 Å². The van der Waals surface area contributed by atoms with Gasteiger partial charge in [0.1, 0.15) is 5.02 Å². The molecule has 0 amide bonds. The number of halogens is 6. The summed E-state index contributed by atoms with van der Waals surface area (Å²) in [5.74, 6) is -0.764. The van der Waals surface area contributed by atoms with Gasteiger partial charge in [0.2, 0.25) is 0 Å². The summed E-state index contributed by atoms with van der Waals surface area (Å²) in [6.07, 6.45) is -8.68. The molecular formula is C8H5Cl2F4NO. The molecule has 2 N–H and O–H groups in total. The molecule has 0 saturated carbocycles. The Morgan fingerprint density at radius 3 is 2.31 bits per heavy atom. The first-order valence-corrected chi connectivity index (χ1v) is 4.59. The number of nitrogen functional groups attached to an aromatic ring is 1. The van der Waals surface area contributed by atoms with Crippen molar-refractivity contribution in [1.29, 1.82) is 0 Å². The first kappa shape index (κ1) is 13.2. The van der Waals surface area contributed by atoms with E-state index < -0.39 is 23.3 Å². The molecule has 1 aromatic rings. The number of alkyl halides is 4. The topological polar surface area (TPSA) is 35.2 Å². The smallest absolute Gasteiger partial charge is 0.424 e. The molecule has 0 spiro atoms. The molecule has 0 heterocycles. The van der Waals surface area contributed by atoms with Crippen LogP contribution in [-0.2, 0) is 0 Å². The quantitative estimate of drug-likeness (QED) is 0.674. The second kappa shape index (κ2) is 4.55. The monoisotopic (exact) mass is 277 g/mol. The Balaban J connectivity index is 3.11. The van der Waals surface area contributed by atoms with Crippen LogP contribution in [0.15, 0.2) is 12.1 Å². The van der Waals surface area contributed by atoms with Gasteiger partial charge in [0.05, 0.1) is 10.7 Å². The average Bonchev–Trinajstić information content (AvgIpc) is 2.18. The normalized spacial score (nSPS) is 11.9. The number of hydrogen-bond donors (Lipinski definition) is 1. The van der Waals surface area contributed by atoms with E-state index in [2.05, 4.69) is 4.74 Å². The van der Waals surface area contributed by atoms with Gasteiger partial charge in [-0.2, -0.15) is 17.6 Å². The van der Waals surface area contributed by atoms with Crippen molar-refractivity contribution < 1.29 is 22.3 Å².